The molecule has 3 rings (SSSR count). The maximum atomic E-state index is 13.2. The van der Waals surface area contributed by atoms with Gasteiger partial charge in [0.2, 0.25) is 11.2 Å². The highest BCUT2D eigenvalue weighted by Gasteiger charge is 2.27. The van der Waals surface area contributed by atoms with Crippen LogP contribution in [-0.2, 0) is 52.0 Å². The molecular formula is C15H5O22S5-5. The highest BCUT2D eigenvalue weighted by Crippen LogP contribution is 2.42. The Bertz CT molecular complexity index is 2190. The van der Waals surface area contributed by atoms with Crippen LogP contribution in [0.15, 0.2) is 39.5 Å². The normalized spacial score (nSPS) is 13.0. The number of rotatable bonds is 11. The van der Waals surface area contributed by atoms with Crippen LogP contribution in [-0.4, -0.2) is 64.9 Å². The molecular weight excluding hydrogens is 692 g/mol. The van der Waals surface area contributed by atoms with Crippen molar-refractivity contribution < 1.29 is 90.2 Å². The Morgan fingerprint density at radius 1 is 0.548 bits per heavy atom. The van der Waals surface area contributed by atoms with Gasteiger partial charge in [-0.15, -0.1) is 0 Å². The van der Waals surface area contributed by atoms with E-state index in [4.69, 9.17) is 4.42 Å². The fourth-order valence-corrected chi connectivity index (χ4v) is 4.71. The molecule has 0 saturated carbocycles. The lowest BCUT2D eigenvalue weighted by Gasteiger charge is -2.19. The van der Waals surface area contributed by atoms with Crippen molar-refractivity contribution in [2.75, 3.05) is 0 Å². The third-order valence-corrected chi connectivity index (χ3v) is 5.99. The van der Waals surface area contributed by atoms with Crippen molar-refractivity contribution in [3.63, 3.8) is 0 Å². The molecule has 0 fully saturated rings. The number of hydrogen-bond donors (Lipinski definition) is 0. The molecule has 27 heteroatoms. The molecule has 1 heterocycles. The summed E-state index contributed by atoms with van der Waals surface area (Å²) >= 11 is 0. The molecule has 0 saturated heterocycles. The van der Waals surface area contributed by atoms with E-state index in [1.54, 1.807) is 0 Å². The van der Waals surface area contributed by atoms with Crippen LogP contribution < -0.4 is 26.3 Å². The van der Waals surface area contributed by atoms with Gasteiger partial charge in [-0.25, -0.2) is 42.1 Å². The maximum Gasteiger partial charge on any atom is 0.262 e. The number of fused-ring (bicyclic) bond motifs is 1. The minimum absolute atomic E-state index is 0.146. The van der Waals surface area contributed by atoms with Crippen LogP contribution in [0.2, 0.25) is 0 Å². The van der Waals surface area contributed by atoms with Gasteiger partial charge in [0.05, 0.1) is 5.56 Å². The van der Waals surface area contributed by atoms with Crippen LogP contribution in [0.4, 0.5) is 0 Å². The van der Waals surface area contributed by atoms with E-state index in [1.165, 1.54) is 0 Å². The Morgan fingerprint density at radius 2 is 1.00 bits per heavy atom. The molecule has 0 radical (unpaired) electrons. The molecule has 42 heavy (non-hydrogen) atoms. The Morgan fingerprint density at radius 3 is 1.50 bits per heavy atom. The third-order valence-electron chi connectivity index (χ3n) is 4.05. The lowest BCUT2D eigenvalue weighted by atomic mass is 10.1. The quantitative estimate of drug-likeness (QED) is 0.149. The van der Waals surface area contributed by atoms with Crippen molar-refractivity contribution in [2.24, 2.45) is 0 Å². The van der Waals surface area contributed by atoms with Crippen molar-refractivity contribution in [2.45, 2.75) is 0 Å². The molecule has 232 valence electrons. The fraction of sp³-hybridized carbons (Fsp3) is 0. The van der Waals surface area contributed by atoms with Crippen molar-refractivity contribution in [3.8, 4) is 40.1 Å². The molecule has 0 N–H and O–H groups in total. The number of benzene rings is 2. The molecule has 0 unspecified atom stereocenters. The van der Waals surface area contributed by atoms with E-state index in [2.05, 4.69) is 20.9 Å². The average molecular weight is 698 g/mol. The molecule has 2 aromatic carbocycles. The Labute approximate surface area is 233 Å². The molecule has 0 aliphatic rings. The van der Waals surface area contributed by atoms with Crippen molar-refractivity contribution in [3.05, 3.63) is 40.6 Å². The lowest BCUT2D eigenvalue weighted by Crippen LogP contribution is -2.18. The highest BCUT2D eigenvalue weighted by atomic mass is 32.3. The van der Waals surface area contributed by atoms with Gasteiger partial charge < -0.3 is 48.1 Å². The van der Waals surface area contributed by atoms with E-state index >= 15 is 0 Å². The van der Waals surface area contributed by atoms with Crippen LogP contribution in [0.5, 0.6) is 28.7 Å². The first-order chi connectivity index (χ1) is 18.8. The van der Waals surface area contributed by atoms with Crippen LogP contribution in [0.25, 0.3) is 22.3 Å². The summed E-state index contributed by atoms with van der Waals surface area (Å²) in [7, 11) is -28.9. The summed E-state index contributed by atoms with van der Waals surface area (Å²) < 4.78 is 192. The van der Waals surface area contributed by atoms with Crippen molar-refractivity contribution in [1.82, 2.24) is 0 Å². The fourth-order valence-electron chi connectivity index (χ4n) is 2.98. The van der Waals surface area contributed by atoms with Gasteiger partial charge in [0.1, 0.15) is 22.5 Å². The van der Waals surface area contributed by atoms with Gasteiger partial charge in [0, 0.05) is 18.2 Å². The summed E-state index contributed by atoms with van der Waals surface area (Å²) in [5.41, 5.74) is -4.17. The molecule has 0 aliphatic carbocycles. The van der Waals surface area contributed by atoms with E-state index in [0.29, 0.717) is 18.2 Å². The summed E-state index contributed by atoms with van der Waals surface area (Å²) in [6.07, 6.45) is 0. The monoisotopic (exact) mass is 697 g/mol. The zero-order chi connectivity index (χ0) is 32.1. The molecule has 22 nitrogen and oxygen atoms in total. The smallest absolute Gasteiger partial charge is 0.262 e. The largest absolute Gasteiger partial charge is 0.716 e. The summed E-state index contributed by atoms with van der Waals surface area (Å²) in [4.78, 5) is 13.2. The van der Waals surface area contributed by atoms with Crippen LogP contribution >= 0.6 is 0 Å². The van der Waals surface area contributed by atoms with Gasteiger partial charge in [0.25, 0.3) is 52.0 Å². The summed E-state index contributed by atoms with van der Waals surface area (Å²) in [6.45, 7) is 0. The minimum Gasteiger partial charge on any atom is -0.716 e. The topological polar surface area (TPSA) is 362 Å². The first-order valence-electron chi connectivity index (χ1n) is 9.36. The van der Waals surface area contributed by atoms with Gasteiger partial charge in [-0.1, -0.05) is 0 Å². The second-order valence-electron chi connectivity index (χ2n) is 7.00. The predicted molar refractivity (Wildman–Crippen MR) is 120 cm³/mol. The van der Waals surface area contributed by atoms with Gasteiger partial charge in [-0.05, 0) is 12.1 Å². The molecule has 0 spiro atoms. The Kier molecular flexibility index (Phi) is 8.41. The molecule has 3 aromatic rings. The minimum atomic E-state index is -6.00. The molecule has 0 aliphatic heterocycles. The van der Waals surface area contributed by atoms with E-state index < -0.39 is 108 Å². The third kappa shape index (κ3) is 9.10. The molecule has 0 atom stereocenters. The van der Waals surface area contributed by atoms with Crippen molar-refractivity contribution >= 4 is 63.0 Å². The molecule has 0 amide bonds. The SMILES string of the molecule is O=c1c(OS(=O)(=O)[O-])c(-c2ccc(OS(=O)(=O)[O-])cc2OS(=O)(=O)[O-])oc2cc(OS(=O)(=O)[O-])cc(OS(=O)(=O)[O-])c12. The predicted octanol–water partition coefficient (Wildman–Crippen LogP) is -2.34. The zero-order valence-electron chi connectivity index (χ0n) is 18.9. The molecule has 1 aromatic heterocycles. The first-order valence-corrected chi connectivity index (χ1v) is 16.0. The Hall–Kier alpha value is -3.80. The lowest BCUT2D eigenvalue weighted by molar-refractivity contribution is 0.361. The summed E-state index contributed by atoms with van der Waals surface area (Å²) in [6, 6.07) is 1.60. The van der Waals surface area contributed by atoms with Gasteiger partial charge in [-0.3, -0.25) is 4.79 Å². The molecule has 0 bridgehead atoms. The summed E-state index contributed by atoms with van der Waals surface area (Å²) in [5.74, 6) is -8.35. The number of hydrogen-bond acceptors (Lipinski definition) is 22. The van der Waals surface area contributed by atoms with Crippen LogP contribution in [0.1, 0.15) is 0 Å². The highest BCUT2D eigenvalue weighted by molar-refractivity contribution is 7.82. The van der Waals surface area contributed by atoms with E-state index in [9.17, 15) is 69.6 Å². The zero-order valence-corrected chi connectivity index (χ0v) is 23.0. The maximum absolute atomic E-state index is 13.2. The van der Waals surface area contributed by atoms with E-state index in [-0.39, 0.29) is 12.1 Å². The standard InChI is InChI=1S/C15H10O22S5/c16-13-12-10(4-7(34-39(20,21)22)5-11(12)36-41(26,27)28)32-14(15(13)37-42(29,30)31)8-2-1-6(33-38(17,18)19)3-9(8)35-40(23,24)25/h1-5H,(H,17,18,19)(H,20,21,22)(H,23,24,25)(H,26,27,28)(H,29,30,31)/p-5. The van der Waals surface area contributed by atoms with E-state index in [0.717, 1.165) is 0 Å². The first kappa shape index (κ1) is 32.7. The average Bonchev–Trinajstić information content (AvgIpc) is 2.70. The van der Waals surface area contributed by atoms with E-state index in [1.807, 2.05) is 0 Å². The summed E-state index contributed by atoms with van der Waals surface area (Å²) in [5, 5.41) is -1.30. The van der Waals surface area contributed by atoms with Gasteiger partial charge >= 0.3 is 0 Å². The second kappa shape index (κ2) is 10.8. The Balaban J connectivity index is 2.54. The second-order valence-corrected chi connectivity index (χ2v) is 11.9. The van der Waals surface area contributed by atoms with Crippen LogP contribution in [0, 0.1) is 0 Å². The van der Waals surface area contributed by atoms with Gasteiger partial charge in [-0.2, -0.15) is 0 Å². The van der Waals surface area contributed by atoms with Gasteiger partial charge in [0.15, 0.2) is 17.3 Å². The van der Waals surface area contributed by atoms with Crippen LogP contribution in [0.3, 0.4) is 0 Å². The van der Waals surface area contributed by atoms with Crippen molar-refractivity contribution in [1.29, 1.82) is 0 Å².